The number of pyridine rings is 6. The summed E-state index contributed by atoms with van der Waals surface area (Å²) < 4.78 is 0. The van der Waals surface area contributed by atoms with Gasteiger partial charge in [0.15, 0.2) is 0 Å². The zero-order valence-electron chi connectivity index (χ0n) is 86.7. The molecule has 0 spiro atoms. The van der Waals surface area contributed by atoms with Crippen LogP contribution in [0, 0.1) is 0 Å². The predicted molar refractivity (Wildman–Crippen MR) is 613 cm³/mol. The molecule has 754 valence electrons. The van der Waals surface area contributed by atoms with Gasteiger partial charge in [0.2, 0.25) is 0 Å². The minimum atomic E-state index is 0.566. The molecule has 10 aromatic carbocycles. The molecule has 16 aromatic rings. The molecule has 24 N–H and O–H groups in total. The summed E-state index contributed by atoms with van der Waals surface area (Å²) in [6.07, 6.45) is 39.0. The van der Waals surface area contributed by atoms with Crippen molar-refractivity contribution in [3.63, 3.8) is 0 Å². The fourth-order valence-electron chi connectivity index (χ4n) is 19.4. The van der Waals surface area contributed by atoms with Gasteiger partial charge in [0.05, 0.1) is 33.1 Å². The van der Waals surface area contributed by atoms with Crippen LogP contribution in [0.25, 0.3) is 65.4 Å². The van der Waals surface area contributed by atoms with Crippen molar-refractivity contribution in [3.05, 3.63) is 354 Å². The predicted octanol–water partition coefficient (Wildman–Crippen LogP) is 26.4. The number of aromatic nitrogens is 6. The number of aryl methyl sites for hydroxylation is 4. The summed E-state index contributed by atoms with van der Waals surface area (Å²) in [4.78, 5) is 27.8. The molecule has 0 fully saturated rings. The van der Waals surface area contributed by atoms with Gasteiger partial charge in [0.25, 0.3) is 0 Å². The number of hydrogen-bond donors (Lipinski definition) is 12. The minimum absolute atomic E-state index is 0.566. The smallest absolute Gasteiger partial charge is 0.127 e. The molecular weight excluding hydrogens is 1750 g/mol. The molecule has 0 saturated heterocycles. The second-order valence-electron chi connectivity index (χ2n) is 38.3. The van der Waals surface area contributed by atoms with Gasteiger partial charge in [-0.15, -0.1) is 0 Å². The lowest BCUT2D eigenvalue weighted by Gasteiger charge is -2.16. The SMILES string of the molecule is CCCCCc1c(N)nc2ccccc2c1CCCCCN.CCCCCc1c(N)nc2ccccc2c1CCCCN.CCCCCc1c(N)nc2ccccc2c1Cc1ccc(CN)cc1.CCCCCc1c(N)nc2ccccc2c1Cc1cccc(CN)c1.CCCCCc1cc2c(Cc3ccc(CN)cc3)cccc2nc1N.CCCCCc1cc2c(Cc3cccc(CN)c3)cccc2nc1N. The summed E-state index contributed by atoms with van der Waals surface area (Å²) in [6.45, 7) is 17.2. The highest BCUT2D eigenvalue weighted by Crippen LogP contribution is 2.36. The fourth-order valence-corrected chi connectivity index (χ4v) is 19.4. The molecule has 18 heteroatoms. The van der Waals surface area contributed by atoms with Gasteiger partial charge in [-0.1, -0.05) is 319 Å². The van der Waals surface area contributed by atoms with E-state index in [1.54, 1.807) is 0 Å². The lowest BCUT2D eigenvalue weighted by molar-refractivity contribution is 0.678. The highest BCUT2D eigenvalue weighted by molar-refractivity contribution is 5.90. The van der Waals surface area contributed by atoms with Crippen LogP contribution in [0.2, 0.25) is 0 Å². The van der Waals surface area contributed by atoms with Crippen LogP contribution in [0.1, 0.15) is 300 Å². The standard InChI is InChI=1S/4C22H27N3.C19H29N3.C18H27N3/c1-2-3-4-9-19-14-20-18(10-6-11-21(20)25-22(19)24)13-16-7-5-8-17(12-16)15-23;1-2-3-4-11-19-20(14-16-8-7-9-17(13-16)15-23)18-10-5-6-12-21(18)25-22(19)24;1-2-3-4-8-19-20(14-16-10-12-17(15-23)13-11-16)18-7-5-6-9-21(18)25-22(19)24;1-2-3-4-6-19-14-20-18(7-5-8-21(20)25-22(19)24)13-16-9-11-17(15-23)12-10-16;1-2-3-5-12-17-15(10-6-4-9-14-20)16-11-7-8-13-18(16)22-19(17)21;1-2-3-4-11-16-14(9-7-8-13-19)15-10-5-6-12-17(15)21-18(16)20/h5-8,10-12,14H,2-4,9,13,15,23H2,1H3,(H2,24,25);5-10,12-13H,2-4,11,14-15,23H2,1H3,(H2,24,25);5-7,9-13H,2-4,8,14-15,23H2,1H3,(H2,24,25);5,7-12,14H,2-4,6,13,15,23H2,1H3,(H2,24,25);7-8,11,13H,2-6,9-10,12,14,20H2,1H3,(H2,21,22);5-6,10,12H,2-4,7-9,11,13,19H2,1H3,(H2,20,21). The van der Waals surface area contributed by atoms with Crippen molar-refractivity contribution < 1.29 is 0 Å². The van der Waals surface area contributed by atoms with Crippen LogP contribution in [0.4, 0.5) is 34.9 Å². The Balaban J connectivity index is 0.000000164. The zero-order chi connectivity index (χ0) is 101. The van der Waals surface area contributed by atoms with E-state index in [1.165, 1.54) is 230 Å². The van der Waals surface area contributed by atoms with Crippen LogP contribution >= 0.6 is 0 Å². The topological polar surface area (TPSA) is 390 Å². The Labute approximate surface area is 853 Å². The maximum Gasteiger partial charge on any atom is 0.127 e. The van der Waals surface area contributed by atoms with Crippen LogP contribution in [-0.2, 0) is 103 Å². The molecule has 0 radical (unpaired) electrons. The third kappa shape index (κ3) is 32.9. The van der Waals surface area contributed by atoms with Gasteiger partial charge in [-0.3, -0.25) is 0 Å². The Morgan fingerprint density at radius 3 is 0.769 bits per heavy atom. The highest BCUT2D eigenvalue weighted by atomic mass is 14.9. The quantitative estimate of drug-likeness (QED) is 0.0158. The summed E-state index contributed by atoms with van der Waals surface area (Å²) in [5.74, 6) is 4.15. The van der Waals surface area contributed by atoms with Crippen LogP contribution < -0.4 is 68.8 Å². The van der Waals surface area contributed by atoms with E-state index in [4.69, 9.17) is 68.8 Å². The Bertz CT molecular complexity index is 6560. The number of para-hydroxylation sites is 4. The summed E-state index contributed by atoms with van der Waals surface area (Å²) in [5.41, 5.74) is 103. The van der Waals surface area contributed by atoms with Crippen LogP contribution in [0.5, 0.6) is 0 Å². The van der Waals surface area contributed by atoms with Crippen molar-refractivity contribution in [2.45, 2.75) is 292 Å². The maximum atomic E-state index is 6.35. The van der Waals surface area contributed by atoms with Crippen molar-refractivity contribution in [2.24, 2.45) is 34.4 Å². The number of nitrogen functional groups attached to an aromatic ring is 6. The Morgan fingerprint density at radius 1 is 0.175 bits per heavy atom. The number of anilines is 6. The zero-order valence-corrected chi connectivity index (χ0v) is 86.7. The molecule has 0 unspecified atom stereocenters. The summed E-state index contributed by atoms with van der Waals surface area (Å²) in [7, 11) is 0. The summed E-state index contributed by atoms with van der Waals surface area (Å²) in [6, 6.07) is 84.5. The van der Waals surface area contributed by atoms with Crippen LogP contribution in [0.15, 0.2) is 243 Å². The van der Waals surface area contributed by atoms with E-state index in [-0.39, 0.29) is 0 Å². The number of nitrogens with zero attached hydrogens (tertiary/aromatic N) is 6. The van der Waals surface area contributed by atoms with Gasteiger partial charge in [-0.2, -0.15) is 0 Å². The molecule has 0 atom stereocenters. The van der Waals surface area contributed by atoms with Crippen molar-refractivity contribution in [1.82, 2.24) is 29.9 Å². The third-order valence-electron chi connectivity index (χ3n) is 27.5. The van der Waals surface area contributed by atoms with E-state index in [9.17, 15) is 0 Å². The molecule has 0 amide bonds. The molecule has 143 heavy (non-hydrogen) atoms. The molecule has 18 nitrogen and oxygen atoms in total. The van der Waals surface area contributed by atoms with Crippen molar-refractivity contribution in [1.29, 1.82) is 0 Å². The first kappa shape index (κ1) is 111. The van der Waals surface area contributed by atoms with Crippen LogP contribution in [0.3, 0.4) is 0 Å². The molecule has 0 saturated carbocycles. The minimum Gasteiger partial charge on any atom is -0.383 e. The lowest BCUT2D eigenvalue weighted by Crippen LogP contribution is -2.06. The van der Waals surface area contributed by atoms with E-state index >= 15 is 0 Å². The van der Waals surface area contributed by atoms with E-state index < -0.39 is 0 Å². The fraction of sp³-hybridized carbons (Fsp3) is 0.376. The van der Waals surface area contributed by atoms with Crippen molar-refractivity contribution in [2.75, 3.05) is 47.5 Å². The van der Waals surface area contributed by atoms with Gasteiger partial charge in [-0.25, -0.2) is 29.9 Å². The third-order valence-corrected chi connectivity index (χ3v) is 27.5. The molecule has 16 rings (SSSR count). The molecule has 0 bridgehead atoms. The van der Waals surface area contributed by atoms with Gasteiger partial charge in [0, 0.05) is 58.5 Å². The first-order chi connectivity index (χ1) is 69.9. The number of hydrogen-bond acceptors (Lipinski definition) is 18. The molecular formula is C125H164N18. The molecule has 6 aromatic heterocycles. The Kier molecular flexibility index (Phi) is 46.4. The number of unbranched alkanes of at least 4 members (excludes halogenated alkanes) is 15. The number of fused-ring (bicyclic) bond motifs is 6. The average Bonchev–Trinajstić information content (AvgIpc) is 0.782. The first-order valence-corrected chi connectivity index (χ1v) is 53.4. The number of rotatable bonds is 45. The van der Waals surface area contributed by atoms with Crippen molar-refractivity contribution >= 4 is 100 Å². The molecule has 0 aliphatic heterocycles. The second kappa shape index (κ2) is 60.0. The van der Waals surface area contributed by atoms with E-state index in [0.717, 1.165) is 191 Å². The van der Waals surface area contributed by atoms with E-state index in [0.29, 0.717) is 55.3 Å². The molecule has 0 aliphatic carbocycles. The first-order valence-electron chi connectivity index (χ1n) is 53.4. The van der Waals surface area contributed by atoms with Gasteiger partial charge in [0.1, 0.15) is 34.9 Å². The number of nitrogens with two attached hydrogens (primary N) is 12. The lowest BCUT2D eigenvalue weighted by atomic mass is 9.92. The van der Waals surface area contributed by atoms with Gasteiger partial charge < -0.3 is 68.8 Å². The Hall–Kier alpha value is -12.8. The van der Waals surface area contributed by atoms with E-state index in [2.05, 4.69) is 260 Å². The van der Waals surface area contributed by atoms with E-state index in [1.807, 2.05) is 54.6 Å². The van der Waals surface area contributed by atoms with Gasteiger partial charge >= 0.3 is 0 Å². The monoisotopic (exact) mass is 1920 g/mol. The molecule has 6 heterocycles. The normalized spacial score (nSPS) is 11.1. The highest BCUT2D eigenvalue weighted by Gasteiger charge is 2.21. The molecule has 0 aliphatic rings. The second-order valence-corrected chi connectivity index (χ2v) is 38.3. The Morgan fingerprint density at radius 2 is 0.420 bits per heavy atom. The maximum absolute atomic E-state index is 6.35. The van der Waals surface area contributed by atoms with Crippen LogP contribution in [-0.4, -0.2) is 43.0 Å². The number of benzene rings is 10. The summed E-state index contributed by atoms with van der Waals surface area (Å²) in [5, 5.41) is 7.38. The van der Waals surface area contributed by atoms with Crippen molar-refractivity contribution in [3.8, 4) is 0 Å². The average molecular weight is 1920 g/mol. The summed E-state index contributed by atoms with van der Waals surface area (Å²) >= 11 is 0. The largest absolute Gasteiger partial charge is 0.383 e. The van der Waals surface area contributed by atoms with Gasteiger partial charge in [-0.05, 0) is 314 Å².